The zero-order valence-corrected chi connectivity index (χ0v) is 19.8. The van der Waals surface area contributed by atoms with E-state index in [1.54, 1.807) is 21.9 Å². The van der Waals surface area contributed by atoms with Gasteiger partial charge in [-0.3, -0.25) is 4.79 Å². The Bertz CT molecular complexity index is 1330. The maximum absolute atomic E-state index is 15.0. The summed E-state index contributed by atoms with van der Waals surface area (Å²) in [7, 11) is 0. The van der Waals surface area contributed by atoms with Gasteiger partial charge in [-0.15, -0.1) is 8.78 Å². The molecule has 3 N–H and O–H groups in total. The first-order chi connectivity index (χ1) is 17.6. The zero-order valence-electron chi connectivity index (χ0n) is 19.8. The molecule has 9 nitrogen and oxygen atoms in total. The molecule has 5 rings (SSSR count). The second-order valence-corrected chi connectivity index (χ2v) is 8.72. The van der Waals surface area contributed by atoms with Crippen LogP contribution in [0.3, 0.4) is 0 Å². The van der Waals surface area contributed by atoms with Gasteiger partial charge in [0.1, 0.15) is 17.2 Å². The quantitative estimate of drug-likeness (QED) is 0.478. The number of halogens is 4. The van der Waals surface area contributed by atoms with Crippen LogP contribution in [0, 0.1) is 11.6 Å². The van der Waals surface area contributed by atoms with Gasteiger partial charge in [0.05, 0.1) is 0 Å². The maximum atomic E-state index is 15.0. The molecule has 1 fully saturated rings. The summed E-state index contributed by atoms with van der Waals surface area (Å²) >= 11 is 0. The van der Waals surface area contributed by atoms with Crippen LogP contribution in [0.15, 0.2) is 30.3 Å². The second kappa shape index (κ2) is 9.54. The topological polar surface area (TPSA) is 106 Å². The van der Waals surface area contributed by atoms with Crippen LogP contribution in [0.5, 0.6) is 11.5 Å². The van der Waals surface area contributed by atoms with Crippen LogP contribution in [-0.4, -0.2) is 59.8 Å². The minimum Gasteiger partial charge on any atom is -0.395 e. The monoisotopic (exact) mass is 520 g/mol. The summed E-state index contributed by atoms with van der Waals surface area (Å²) < 4.78 is 63.7. The molecule has 196 valence electrons. The lowest BCUT2D eigenvalue weighted by Crippen LogP contribution is -2.49. The number of aromatic nitrogens is 2. The number of anilines is 2. The van der Waals surface area contributed by atoms with E-state index in [0.29, 0.717) is 32.7 Å². The average Bonchev–Trinajstić information content (AvgIpc) is 3.19. The van der Waals surface area contributed by atoms with Crippen molar-refractivity contribution in [2.24, 2.45) is 0 Å². The minimum absolute atomic E-state index is 0.0189. The number of amides is 1. The van der Waals surface area contributed by atoms with Crippen molar-refractivity contribution in [1.29, 1.82) is 0 Å². The smallest absolute Gasteiger partial charge is 0.395 e. The normalized spacial score (nSPS) is 17.3. The van der Waals surface area contributed by atoms with Gasteiger partial charge in [-0.1, -0.05) is 19.1 Å². The third-order valence-electron chi connectivity index (χ3n) is 6.34. The van der Waals surface area contributed by atoms with E-state index in [9.17, 15) is 22.4 Å². The number of ether oxygens (including phenoxy) is 2. The Morgan fingerprint density at radius 1 is 1.14 bits per heavy atom. The fourth-order valence-electron chi connectivity index (χ4n) is 4.49. The van der Waals surface area contributed by atoms with Crippen LogP contribution in [0.2, 0.25) is 0 Å². The molecule has 1 atom stereocenters. The van der Waals surface area contributed by atoms with Crippen LogP contribution in [0.1, 0.15) is 24.9 Å². The number of carbonyl (C=O) groups is 1. The minimum atomic E-state index is -3.99. The van der Waals surface area contributed by atoms with Gasteiger partial charge < -0.3 is 30.3 Å². The standard InChI is InChI=1S/C24H24F4N6O3/c1-2-30-16(13-3-5-14(25)6-4-13)12-18(35)33-7-9-34(10-8-33)23-31-20-15(22(29)32-23)11-17-21(19(20)26)37-24(27,28)36-17/h3-6,11,16,30H,2,7-10,12H2,1H3,(H2,29,31,32). The van der Waals surface area contributed by atoms with Crippen molar-refractivity contribution in [3.63, 3.8) is 0 Å². The number of alkyl halides is 2. The van der Waals surface area contributed by atoms with Gasteiger partial charge in [0.15, 0.2) is 11.6 Å². The first kappa shape index (κ1) is 24.8. The molecular formula is C24H24F4N6O3. The second-order valence-electron chi connectivity index (χ2n) is 8.72. The van der Waals surface area contributed by atoms with Crippen LogP contribution in [0.25, 0.3) is 10.9 Å². The van der Waals surface area contributed by atoms with E-state index in [4.69, 9.17) is 5.73 Å². The number of benzene rings is 2. The number of nitrogen functional groups attached to an aromatic ring is 1. The lowest BCUT2D eigenvalue weighted by molar-refractivity contribution is -0.287. The molecule has 0 saturated carbocycles. The Labute approximate surface area is 209 Å². The number of nitrogens with one attached hydrogen (secondary N) is 1. The lowest BCUT2D eigenvalue weighted by atomic mass is 10.0. The van der Waals surface area contributed by atoms with Gasteiger partial charge in [-0.2, -0.15) is 4.98 Å². The Balaban J connectivity index is 1.29. The molecule has 0 radical (unpaired) electrons. The van der Waals surface area contributed by atoms with E-state index >= 15 is 0 Å². The summed E-state index contributed by atoms with van der Waals surface area (Å²) in [5.74, 6) is -2.76. The molecule has 1 unspecified atom stereocenters. The Kier molecular flexibility index (Phi) is 6.40. The van der Waals surface area contributed by atoms with Crippen LogP contribution in [0.4, 0.5) is 29.3 Å². The SMILES string of the molecule is CCNC(CC(=O)N1CCN(c2nc(N)c3cc4c(c(F)c3n2)OC(F)(F)O4)CC1)c1ccc(F)cc1. The van der Waals surface area contributed by atoms with E-state index in [2.05, 4.69) is 24.8 Å². The van der Waals surface area contributed by atoms with Crippen molar-refractivity contribution in [2.75, 3.05) is 43.4 Å². The van der Waals surface area contributed by atoms with Crippen molar-refractivity contribution >= 4 is 28.6 Å². The van der Waals surface area contributed by atoms with E-state index in [0.717, 1.165) is 11.6 Å². The van der Waals surface area contributed by atoms with Crippen molar-refractivity contribution < 1.29 is 31.8 Å². The van der Waals surface area contributed by atoms with E-state index in [-0.39, 0.29) is 46.9 Å². The van der Waals surface area contributed by atoms with E-state index in [1.165, 1.54) is 12.1 Å². The fourth-order valence-corrected chi connectivity index (χ4v) is 4.49. The molecule has 0 aliphatic carbocycles. The summed E-state index contributed by atoms with van der Waals surface area (Å²) in [6.07, 6.45) is -3.79. The first-order valence-electron chi connectivity index (χ1n) is 11.7. The molecule has 1 amide bonds. The maximum Gasteiger partial charge on any atom is 0.586 e. The van der Waals surface area contributed by atoms with Crippen molar-refractivity contribution in [3.05, 3.63) is 47.5 Å². The third-order valence-corrected chi connectivity index (χ3v) is 6.34. The molecule has 0 spiro atoms. The predicted octanol–water partition coefficient (Wildman–Crippen LogP) is 3.20. The average molecular weight is 520 g/mol. The summed E-state index contributed by atoms with van der Waals surface area (Å²) in [4.78, 5) is 24.9. The van der Waals surface area contributed by atoms with E-state index in [1.807, 2.05) is 6.92 Å². The van der Waals surface area contributed by atoms with Gasteiger partial charge in [-0.25, -0.2) is 13.8 Å². The highest BCUT2D eigenvalue weighted by molar-refractivity contribution is 5.92. The highest BCUT2D eigenvalue weighted by Crippen LogP contribution is 2.46. The summed E-state index contributed by atoms with van der Waals surface area (Å²) in [6.45, 7) is 3.98. The highest BCUT2D eigenvalue weighted by atomic mass is 19.3. The zero-order chi connectivity index (χ0) is 26.3. The van der Waals surface area contributed by atoms with Gasteiger partial charge in [0.25, 0.3) is 0 Å². The molecule has 3 aromatic rings. The number of piperazine rings is 1. The van der Waals surface area contributed by atoms with Gasteiger partial charge in [-0.05, 0) is 30.3 Å². The molecule has 1 aromatic heterocycles. The molecule has 37 heavy (non-hydrogen) atoms. The summed E-state index contributed by atoms with van der Waals surface area (Å²) in [5.41, 5.74) is 6.54. The molecule has 0 bridgehead atoms. The summed E-state index contributed by atoms with van der Waals surface area (Å²) in [5, 5.41) is 3.28. The lowest BCUT2D eigenvalue weighted by Gasteiger charge is -2.35. The number of carbonyl (C=O) groups excluding carboxylic acids is 1. The van der Waals surface area contributed by atoms with Gasteiger partial charge in [0.2, 0.25) is 17.6 Å². The summed E-state index contributed by atoms with van der Waals surface area (Å²) in [6, 6.07) is 6.89. The predicted molar refractivity (Wildman–Crippen MR) is 126 cm³/mol. The van der Waals surface area contributed by atoms with Crippen molar-refractivity contribution in [1.82, 2.24) is 20.2 Å². The number of fused-ring (bicyclic) bond motifs is 2. The number of hydrogen-bond donors (Lipinski definition) is 2. The highest BCUT2D eigenvalue weighted by Gasteiger charge is 2.46. The van der Waals surface area contributed by atoms with Crippen LogP contribution < -0.4 is 25.4 Å². The van der Waals surface area contributed by atoms with Crippen molar-refractivity contribution in [3.8, 4) is 11.5 Å². The molecule has 2 aliphatic heterocycles. The van der Waals surface area contributed by atoms with Gasteiger partial charge in [0, 0.05) is 44.0 Å². The van der Waals surface area contributed by atoms with Gasteiger partial charge >= 0.3 is 6.29 Å². The fraction of sp³-hybridized carbons (Fsp3) is 0.375. The molecule has 2 aromatic carbocycles. The molecule has 2 aliphatic rings. The van der Waals surface area contributed by atoms with Crippen molar-refractivity contribution in [2.45, 2.75) is 25.7 Å². The van der Waals surface area contributed by atoms with E-state index < -0.39 is 23.6 Å². The molecular weight excluding hydrogens is 496 g/mol. The molecule has 3 heterocycles. The largest absolute Gasteiger partial charge is 0.586 e. The number of rotatable bonds is 6. The van der Waals surface area contributed by atoms with Crippen LogP contribution in [-0.2, 0) is 4.79 Å². The first-order valence-corrected chi connectivity index (χ1v) is 11.7. The molecule has 1 saturated heterocycles. The molecule has 13 heteroatoms. The Morgan fingerprint density at radius 3 is 2.51 bits per heavy atom. The van der Waals surface area contributed by atoms with Crippen LogP contribution >= 0.6 is 0 Å². The number of nitrogens with two attached hydrogens (primary N) is 1. The Hall–Kier alpha value is -3.87. The Morgan fingerprint density at radius 2 is 1.84 bits per heavy atom. The third kappa shape index (κ3) is 4.90. The number of hydrogen-bond acceptors (Lipinski definition) is 8. The number of nitrogens with zero attached hydrogens (tertiary/aromatic N) is 4.